The highest BCUT2D eigenvalue weighted by Crippen LogP contribution is 2.26. The van der Waals surface area contributed by atoms with Crippen LogP contribution in [0.3, 0.4) is 0 Å². The summed E-state index contributed by atoms with van der Waals surface area (Å²) in [6.45, 7) is 2.43. The maximum Gasteiger partial charge on any atom is 0.230 e. The fraction of sp³-hybridized carbons (Fsp3) is 0.474. The molecule has 0 saturated carbocycles. The lowest BCUT2D eigenvalue weighted by molar-refractivity contribution is 0.460. The predicted molar refractivity (Wildman–Crippen MR) is 114 cm³/mol. The molecule has 2 bridgehead atoms. The first kappa shape index (κ1) is 17.4. The summed E-state index contributed by atoms with van der Waals surface area (Å²) in [6.07, 6.45) is 10.5. The van der Waals surface area contributed by atoms with E-state index in [2.05, 4.69) is 58.7 Å². The van der Waals surface area contributed by atoms with Gasteiger partial charge in [-0.3, -0.25) is 0 Å². The van der Waals surface area contributed by atoms with Crippen molar-refractivity contribution in [2.24, 2.45) is 0 Å². The van der Waals surface area contributed by atoms with Crippen molar-refractivity contribution in [1.29, 1.82) is 0 Å². The number of aryl methyl sites for hydroxylation is 1. The smallest absolute Gasteiger partial charge is 0.230 e. The van der Waals surface area contributed by atoms with Crippen LogP contribution in [-0.2, 0) is 13.0 Å². The lowest BCUT2D eigenvalue weighted by Gasteiger charge is -2.33. The molecule has 2 atom stereocenters. The number of allylic oxidation sites excluding steroid dienone is 1. The summed E-state index contributed by atoms with van der Waals surface area (Å²) in [5.74, 6) is 2.33. The second-order valence-corrected chi connectivity index (χ2v) is 8.81. The van der Waals surface area contributed by atoms with Crippen molar-refractivity contribution in [3.63, 3.8) is 0 Å². The molecule has 1 aliphatic carbocycles. The van der Waals surface area contributed by atoms with Gasteiger partial charge in [-0.1, -0.05) is 6.08 Å². The number of rotatable bonds is 4. The van der Waals surface area contributed by atoms with E-state index in [4.69, 9.17) is 9.97 Å². The summed E-state index contributed by atoms with van der Waals surface area (Å²) in [5, 5.41) is 11.5. The third kappa shape index (κ3) is 3.10. The lowest BCUT2D eigenvalue weighted by atomic mass is 10.1. The number of piperazine rings is 1. The molecule has 6 rings (SSSR count). The quantitative estimate of drug-likeness (QED) is 0.553. The summed E-state index contributed by atoms with van der Waals surface area (Å²) in [7, 11) is 0. The average molecular weight is 456 g/mol. The number of nitrogens with one attached hydrogen (secondary N) is 3. The first-order valence-corrected chi connectivity index (χ1v) is 10.9. The number of H-pyrrole nitrogens is 1. The lowest BCUT2D eigenvalue weighted by Crippen LogP contribution is -2.51. The second-order valence-electron chi connectivity index (χ2n) is 7.96. The van der Waals surface area contributed by atoms with Crippen LogP contribution in [0.4, 0.5) is 11.9 Å². The van der Waals surface area contributed by atoms with Crippen molar-refractivity contribution in [2.75, 3.05) is 23.3 Å². The van der Waals surface area contributed by atoms with Gasteiger partial charge in [-0.05, 0) is 47.7 Å². The zero-order chi connectivity index (χ0) is 19.4. The summed E-state index contributed by atoms with van der Waals surface area (Å²) < 4.78 is 2.61. The molecule has 10 heteroatoms. The Morgan fingerprint density at radius 1 is 1.17 bits per heavy atom. The molecule has 2 unspecified atom stereocenters. The van der Waals surface area contributed by atoms with Crippen molar-refractivity contribution in [3.8, 4) is 0 Å². The van der Waals surface area contributed by atoms with E-state index in [1.807, 2.05) is 0 Å². The molecule has 29 heavy (non-hydrogen) atoms. The molecule has 3 aliphatic rings. The van der Waals surface area contributed by atoms with Crippen LogP contribution in [0.1, 0.15) is 36.5 Å². The average Bonchev–Trinajstić information content (AvgIpc) is 3.42. The van der Waals surface area contributed by atoms with Crippen LogP contribution < -0.4 is 15.5 Å². The van der Waals surface area contributed by atoms with E-state index >= 15 is 0 Å². The highest BCUT2D eigenvalue weighted by Gasteiger charge is 2.33. The summed E-state index contributed by atoms with van der Waals surface area (Å²) in [5.41, 5.74) is 3.01. The van der Waals surface area contributed by atoms with Crippen molar-refractivity contribution < 1.29 is 0 Å². The molecule has 2 aliphatic heterocycles. The third-order valence-electron chi connectivity index (χ3n) is 5.92. The largest absolute Gasteiger partial charge is 0.347 e. The van der Waals surface area contributed by atoms with Crippen LogP contribution in [0.5, 0.6) is 0 Å². The SMILES string of the molecule is Brc1cnn2c(NCc3nc4c([nH]3)CCC=C4)nc(N3CC4CCC(C3)N4)nc12. The molecule has 2 fully saturated rings. The number of imidazole rings is 1. The fourth-order valence-corrected chi connectivity index (χ4v) is 4.88. The minimum absolute atomic E-state index is 0.529. The Labute approximate surface area is 176 Å². The minimum Gasteiger partial charge on any atom is -0.347 e. The Hall–Kier alpha value is -2.46. The number of hydrogen-bond donors (Lipinski definition) is 3. The van der Waals surface area contributed by atoms with E-state index in [0.717, 1.165) is 53.5 Å². The standard InChI is InChI=1S/C19H22BrN9/c20-13-7-22-29-17(13)26-19(28-9-11-5-6-12(10-28)23-11)27-18(29)21-8-16-24-14-3-1-2-4-15(14)25-16/h1,3,7,11-12,23H,2,4-6,8-10H2,(H,24,25)(H,21,26,27). The van der Waals surface area contributed by atoms with Gasteiger partial charge >= 0.3 is 0 Å². The monoisotopic (exact) mass is 455 g/mol. The molecule has 3 aromatic heterocycles. The van der Waals surface area contributed by atoms with Crippen LogP contribution in [0, 0.1) is 0 Å². The van der Waals surface area contributed by atoms with E-state index in [-0.39, 0.29) is 0 Å². The van der Waals surface area contributed by atoms with Gasteiger partial charge < -0.3 is 20.5 Å². The van der Waals surface area contributed by atoms with Crippen molar-refractivity contribution in [1.82, 2.24) is 34.9 Å². The Morgan fingerprint density at radius 3 is 2.86 bits per heavy atom. The van der Waals surface area contributed by atoms with Crippen molar-refractivity contribution >= 4 is 39.5 Å². The molecular formula is C19H22BrN9. The fourth-order valence-electron chi connectivity index (χ4n) is 4.53. The maximum absolute atomic E-state index is 4.83. The van der Waals surface area contributed by atoms with Gasteiger partial charge in [0.05, 0.1) is 22.9 Å². The van der Waals surface area contributed by atoms with Crippen LogP contribution in [-0.4, -0.2) is 54.7 Å². The molecule has 3 aromatic rings. The van der Waals surface area contributed by atoms with Gasteiger partial charge in [-0.2, -0.15) is 19.6 Å². The number of aromatic nitrogens is 6. The summed E-state index contributed by atoms with van der Waals surface area (Å²) in [4.78, 5) is 20.0. The number of fused-ring (bicyclic) bond motifs is 4. The minimum atomic E-state index is 0.529. The number of anilines is 2. The van der Waals surface area contributed by atoms with Crippen LogP contribution in [0.2, 0.25) is 0 Å². The highest BCUT2D eigenvalue weighted by molar-refractivity contribution is 9.10. The highest BCUT2D eigenvalue weighted by atomic mass is 79.9. The van der Waals surface area contributed by atoms with Crippen molar-refractivity contribution in [2.45, 2.75) is 44.3 Å². The normalized spacial score (nSPS) is 23.0. The number of nitrogens with zero attached hydrogens (tertiary/aromatic N) is 6. The maximum atomic E-state index is 4.83. The van der Waals surface area contributed by atoms with Gasteiger partial charge in [0.1, 0.15) is 5.82 Å². The topological polar surface area (TPSA) is 99.1 Å². The van der Waals surface area contributed by atoms with Gasteiger partial charge in [0.2, 0.25) is 11.9 Å². The summed E-state index contributed by atoms with van der Waals surface area (Å²) >= 11 is 3.57. The zero-order valence-corrected chi connectivity index (χ0v) is 17.5. The van der Waals surface area contributed by atoms with E-state index < -0.39 is 0 Å². The van der Waals surface area contributed by atoms with Gasteiger partial charge in [-0.25, -0.2) is 4.98 Å². The van der Waals surface area contributed by atoms with Crippen LogP contribution >= 0.6 is 15.9 Å². The molecule has 150 valence electrons. The molecule has 3 N–H and O–H groups in total. The predicted octanol–water partition coefficient (Wildman–Crippen LogP) is 2.12. The molecule has 0 spiro atoms. The van der Waals surface area contributed by atoms with Gasteiger partial charge in [0.25, 0.3) is 0 Å². The number of hydrogen-bond acceptors (Lipinski definition) is 7. The van der Waals surface area contributed by atoms with Gasteiger partial charge in [0.15, 0.2) is 5.65 Å². The molecule has 0 amide bonds. The first-order chi connectivity index (χ1) is 14.2. The van der Waals surface area contributed by atoms with Gasteiger partial charge in [-0.15, -0.1) is 0 Å². The number of halogens is 1. The van der Waals surface area contributed by atoms with Crippen LogP contribution in [0.25, 0.3) is 11.7 Å². The molecule has 0 aromatic carbocycles. The van der Waals surface area contributed by atoms with Gasteiger partial charge in [0, 0.05) is 30.9 Å². The molecule has 9 nitrogen and oxygen atoms in total. The third-order valence-corrected chi connectivity index (χ3v) is 6.48. The zero-order valence-electron chi connectivity index (χ0n) is 15.9. The Bertz CT molecular complexity index is 1090. The molecule has 5 heterocycles. The second kappa shape index (κ2) is 6.81. The van der Waals surface area contributed by atoms with E-state index in [1.165, 1.54) is 18.5 Å². The van der Waals surface area contributed by atoms with E-state index in [0.29, 0.717) is 24.6 Å². The van der Waals surface area contributed by atoms with E-state index in [9.17, 15) is 0 Å². The van der Waals surface area contributed by atoms with Crippen molar-refractivity contribution in [3.05, 3.63) is 34.0 Å². The Kier molecular flexibility index (Phi) is 4.08. The van der Waals surface area contributed by atoms with Crippen LogP contribution in [0.15, 0.2) is 16.7 Å². The Morgan fingerprint density at radius 2 is 2.03 bits per heavy atom. The number of aromatic amines is 1. The van der Waals surface area contributed by atoms with E-state index in [1.54, 1.807) is 10.7 Å². The molecular weight excluding hydrogens is 434 g/mol. The Balaban J connectivity index is 1.30. The first-order valence-electron chi connectivity index (χ1n) is 10.1. The summed E-state index contributed by atoms with van der Waals surface area (Å²) in [6, 6.07) is 1.06. The molecule has 2 saturated heterocycles. The molecule has 0 radical (unpaired) electrons.